The first kappa shape index (κ1) is 17.4. The molecule has 0 saturated carbocycles. The summed E-state index contributed by atoms with van der Waals surface area (Å²) in [6.07, 6.45) is 9.72. The zero-order chi connectivity index (χ0) is 17.3. The van der Waals surface area contributed by atoms with E-state index in [1.807, 2.05) is 6.92 Å². The van der Waals surface area contributed by atoms with Crippen molar-refractivity contribution in [3.63, 3.8) is 0 Å². The molecule has 0 aromatic heterocycles. The molecule has 2 heterocycles. The summed E-state index contributed by atoms with van der Waals surface area (Å²) >= 11 is 0. The molecule has 3 unspecified atom stereocenters. The maximum Gasteiger partial charge on any atom is 0.334 e. The molecular formula is C20H28O4. The number of hydrogen-bond donors (Lipinski definition) is 1. The molecule has 3 rings (SSSR count). The summed E-state index contributed by atoms with van der Waals surface area (Å²) in [5.74, 6) is -0.212. The first-order chi connectivity index (χ1) is 11.4. The molecule has 4 heteroatoms. The topological polar surface area (TPSA) is 59.1 Å². The molecule has 24 heavy (non-hydrogen) atoms. The second-order valence-electron chi connectivity index (χ2n) is 7.51. The van der Waals surface area contributed by atoms with Crippen LogP contribution in [0.5, 0.6) is 0 Å². The second kappa shape index (κ2) is 6.85. The maximum atomic E-state index is 11.9. The molecule has 1 aliphatic carbocycles. The van der Waals surface area contributed by atoms with E-state index in [4.69, 9.17) is 9.47 Å². The molecule has 0 bridgehead atoms. The normalized spacial score (nSPS) is 38.9. The number of esters is 1. The average Bonchev–Trinajstić information content (AvgIpc) is 3.12. The highest BCUT2D eigenvalue weighted by Crippen LogP contribution is 2.44. The highest BCUT2D eigenvalue weighted by atomic mass is 16.6. The van der Waals surface area contributed by atoms with Crippen LogP contribution in [0.3, 0.4) is 0 Å². The Hall–Kier alpha value is -1.39. The minimum Gasteiger partial charge on any atom is -0.450 e. The van der Waals surface area contributed by atoms with E-state index in [1.165, 1.54) is 5.57 Å². The van der Waals surface area contributed by atoms with Crippen LogP contribution in [0, 0.1) is 0 Å². The molecule has 0 spiro atoms. The molecule has 2 aliphatic heterocycles. The van der Waals surface area contributed by atoms with Crippen molar-refractivity contribution in [3.8, 4) is 0 Å². The number of carbonyl (C=O) groups excluding carboxylic acids is 1. The van der Waals surface area contributed by atoms with Gasteiger partial charge in [0.25, 0.3) is 0 Å². The Morgan fingerprint density at radius 2 is 2.08 bits per heavy atom. The molecule has 1 fully saturated rings. The number of fused-ring (bicyclic) bond motifs is 2. The Morgan fingerprint density at radius 3 is 2.83 bits per heavy atom. The average molecular weight is 332 g/mol. The molecular weight excluding hydrogens is 304 g/mol. The van der Waals surface area contributed by atoms with Crippen molar-refractivity contribution in [1.82, 2.24) is 0 Å². The molecule has 4 nitrogen and oxygen atoms in total. The van der Waals surface area contributed by atoms with E-state index < -0.39 is 0 Å². The van der Waals surface area contributed by atoms with Crippen LogP contribution in [-0.4, -0.2) is 35.5 Å². The van der Waals surface area contributed by atoms with Crippen molar-refractivity contribution in [3.05, 3.63) is 34.4 Å². The lowest BCUT2D eigenvalue weighted by molar-refractivity contribution is -0.138. The lowest BCUT2D eigenvalue weighted by Gasteiger charge is -2.14. The van der Waals surface area contributed by atoms with Crippen LogP contribution in [0.2, 0.25) is 0 Å². The number of aliphatic hydroxyl groups is 1. The van der Waals surface area contributed by atoms with Crippen LogP contribution in [0.1, 0.15) is 59.3 Å². The standard InChI is InChI=1S/C20H28O4/c1-13-6-9-18-20(3,24-18)10-4-5-15(12-21)7-8-16-14(2)19(22)23-17(16)11-13/h5,11,17-18,21H,4,6-10,12H2,1-3H3/b13-11-,15-5+. The van der Waals surface area contributed by atoms with Gasteiger partial charge in [-0.3, -0.25) is 0 Å². The van der Waals surface area contributed by atoms with E-state index in [1.54, 1.807) is 0 Å². The predicted molar refractivity (Wildman–Crippen MR) is 92.5 cm³/mol. The lowest BCUT2D eigenvalue weighted by atomic mass is 9.92. The number of epoxide rings is 1. The quantitative estimate of drug-likeness (QED) is 0.453. The van der Waals surface area contributed by atoms with Gasteiger partial charge in [-0.05, 0) is 76.5 Å². The van der Waals surface area contributed by atoms with Crippen LogP contribution < -0.4 is 0 Å². The maximum absolute atomic E-state index is 11.9. The van der Waals surface area contributed by atoms with E-state index in [0.29, 0.717) is 6.10 Å². The minimum atomic E-state index is -0.244. The van der Waals surface area contributed by atoms with Gasteiger partial charge in [0.1, 0.15) is 6.10 Å². The molecule has 3 atom stereocenters. The molecule has 132 valence electrons. The Bertz CT molecular complexity index is 613. The van der Waals surface area contributed by atoms with Gasteiger partial charge in [0.2, 0.25) is 0 Å². The van der Waals surface area contributed by atoms with Gasteiger partial charge in [-0.25, -0.2) is 4.79 Å². The number of aliphatic hydroxyl groups excluding tert-OH is 1. The van der Waals surface area contributed by atoms with E-state index in [9.17, 15) is 9.90 Å². The van der Waals surface area contributed by atoms with Crippen molar-refractivity contribution in [2.24, 2.45) is 0 Å². The van der Waals surface area contributed by atoms with Gasteiger partial charge in [0.15, 0.2) is 0 Å². The number of carbonyl (C=O) groups is 1. The van der Waals surface area contributed by atoms with Crippen molar-refractivity contribution >= 4 is 5.97 Å². The first-order valence-corrected chi connectivity index (χ1v) is 8.97. The van der Waals surface area contributed by atoms with Crippen LogP contribution >= 0.6 is 0 Å². The molecule has 0 aromatic carbocycles. The van der Waals surface area contributed by atoms with Gasteiger partial charge < -0.3 is 14.6 Å². The third-order valence-corrected chi connectivity index (χ3v) is 5.63. The van der Waals surface area contributed by atoms with Crippen molar-refractivity contribution in [2.45, 2.75) is 77.1 Å². The number of hydrogen-bond acceptors (Lipinski definition) is 4. The monoisotopic (exact) mass is 332 g/mol. The molecule has 1 saturated heterocycles. The Labute approximate surface area is 144 Å². The molecule has 0 amide bonds. The fourth-order valence-corrected chi connectivity index (χ4v) is 3.76. The predicted octanol–water partition coefficient (Wildman–Crippen LogP) is 3.61. The fraction of sp³-hybridized carbons (Fsp3) is 0.650. The molecule has 1 N–H and O–H groups in total. The van der Waals surface area contributed by atoms with Gasteiger partial charge in [-0.1, -0.05) is 11.6 Å². The van der Waals surface area contributed by atoms with Gasteiger partial charge in [0, 0.05) is 5.57 Å². The SMILES string of the molecule is CC1=C2CC/C(CO)=C\CCC3(C)OC3CC/C(C)=C\C2OC1=O. The van der Waals surface area contributed by atoms with Gasteiger partial charge >= 0.3 is 5.97 Å². The van der Waals surface area contributed by atoms with Gasteiger partial charge in [-0.2, -0.15) is 0 Å². The van der Waals surface area contributed by atoms with E-state index in [-0.39, 0.29) is 24.3 Å². The molecule has 3 aliphatic rings. The highest BCUT2D eigenvalue weighted by molar-refractivity contribution is 5.92. The molecule has 0 radical (unpaired) electrons. The summed E-state index contributed by atoms with van der Waals surface area (Å²) < 4.78 is 11.4. The van der Waals surface area contributed by atoms with Crippen molar-refractivity contribution < 1.29 is 19.4 Å². The summed E-state index contributed by atoms with van der Waals surface area (Å²) in [5, 5.41) is 9.61. The summed E-state index contributed by atoms with van der Waals surface area (Å²) in [5.41, 5.74) is 4.05. The van der Waals surface area contributed by atoms with Crippen LogP contribution in [0.4, 0.5) is 0 Å². The smallest absolute Gasteiger partial charge is 0.334 e. The molecule has 0 aromatic rings. The Morgan fingerprint density at radius 1 is 1.29 bits per heavy atom. The number of ether oxygens (including phenoxy) is 2. The van der Waals surface area contributed by atoms with Crippen molar-refractivity contribution in [1.29, 1.82) is 0 Å². The van der Waals surface area contributed by atoms with Gasteiger partial charge in [-0.15, -0.1) is 0 Å². The van der Waals surface area contributed by atoms with E-state index in [0.717, 1.165) is 55.2 Å². The summed E-state index contributed by atoms with van der Waals surface area (Å²) in [6, 6.07) is 0. The van der Waals surface area contributed by atoms with E-state index >= 15 is 0 Å². The zero-order valence-corrected chi connectivity index (χ0v) is 14.9. The fourth-order valence-electron chi connectivity index (χ4n) is 3.76. The zero-order valence-electron chi connectivity index (χ0n) is 14.9. The third kappa shape index (κ3) is 3.65. The van der Waals surface area contributed by atoms with Gasteiger partial charge in [0.05, 0.1) is 18.3 Å². The number of rotatable bonds is 1. The number of allylic oxidation sites excluding steroid dienone is 2. The second-order valence-corrected chi connectivity index (χ2v) is 7.51. The largest absolute Gasteiger partial charge is 0.450 e. The van der Waals surface area contributed by atoms with Crippen LogP contribution in [0.15, 0.2) is 34.4 Å². The minimum absolute atomic E-state index is 0.0110. The summed E-state index contributed by atoms with van der Waals surface area (Å²) in [7, 11) is 0. The van der Waals surface area contributed by atoms with Crippen LogP contribution in [-0.2, 0) is 14.3 Å². The summed E-state index contributed by atoms with van der Waals surface area (Å²) in [4.78, 5) is 11.9. The first-order valence-electron chi connectivity index (χ1n) is 8.97. The van der Waals surface area contributed by atoms with E-state index in [2.05, 4.69) is 26.0 Å². The lowest BCUT2D eigenvalue weighted by Crippen LogP contribution is -2.12. The Balaban J connectivity index is 1.82. The van der Waals surface area contributed by atoms with Crippen LogP contribution in [0.25, 0.3) is 0 Å². The third-order valence-electron chi connectivity index (χ3n) is 5.63. The Kier molecular flexibility index (Phi) is 4.97. The highest BCUT2D eigenvalue weighted by Gasteiger charge is 2.50. The summed E-state index contributed by atoms with van der Waals surface area (Å²) in [6.45, 7) is 6.19. The van der Waals surface area contributed by atoms with Crippen molar-refractivity contribution in [2.75, 3.05) is 6.61 Å².